The van der Waals surface area contributed by atoms with E-state index in [4.69, 9.17) is 4.74 Å². The second kappa shape index (κ2) is 6.90. The van der Waals surface area contributed by atoms with Gasteiger partial charge in [-0.05, 0) is 31.9 Å². The lowest BCUT2D eigenvalue weighted by Crippen LogP contribution is -2.54. The molecule has 1 aromatic carbocycles. The molecule has 0 spiro atoms. The SMILES string of the molecule is C[C@H](Oc1cccc(F)c1)C(=O)N1CCS[C@@H]2CCCC[C@@H]21. The molecule has 2 aliphatic rings. The summed E-state index contributed by atoms with van der Waals surface area (Å²) in [6, 6.07) is 6.31. The summed E-state index contributed by atoms with van der Waals surface area (Å²) in [6.07, 6.45) is 4.19. The third-order valence-electron chi connectivity index (χ3n) is 4.47. The molecule has 1 heterocycles. The van der Waals surface area contributed by atoms with Gasteiger partial charge < -0.3 is 9.64 Å². The van der Waals surface area contributed by atoms with Gasteiger partial charge in [-0.2, -0.15) is 11.8 Å². The first-order valence-corrected chi connectivity index (χ1v) is 9.04. The largest absolute Gasteiger partial charge is 0.481 e. The molecule has 0 aromatic heterocycles. The number of halogens is 1. The van der Waals surface area contributed by atoms with Crippen molar-refractivity contribution in [3.63, 3.8) is 0 Å². The van der Waals surface area contributed by atoms with Gasteiger partial charge >= 0.3 is 0 Å². The highest BCUT2D eigenvalue weighted by Gasteiger charge is 2.38. The number of carbonyl (C=O) groups is 1. The van der Waals surface area contributed by atoms with Crippen LogP contribution in [0.25, 0.3) is 0 Å². The number of carbonyl (C=O) groups excluding carboxylic acids is 1. The van der Waals surface area contributed by atoms with Crippen LogP contribution in [0.15, 0.2) is 24.3 Å². The molecule has 3 atom stereocenters. The predicted octanol–water partition coefficient (Wildman–Crippen LogP) is 3.48. The average Bonchev–Trinajstić information content (AvgIpc) is 2.53. The maximum absolute atomic E-state index is 13.2. The molecule has 0 bridgehead atoms. The first-order chi connectivity index (χ1) is 10.6. The minimum Gasteiger partial charge on any atom is -0.481 e. The summed E-state index contributed by atoms with van der Waals surface area (Å²) >= 11 is 2.00. The van der Waals surface area contributed by atoms with Crippen LogP contribution < -0.4 is 4.74 Å². The van der Waals surface area contributed by atoms with E-state index in [1.165, 1.54) is 31.4 Å². The summed E-state index contributed by atoms with van der Waals surface area (Å²) < 4.78 is 18.9. The maximum Gasteiger partial charge on any atom is 0.263 e. The topological polar surface area (TPSA) is 29.5 Å². The van der Waals surface area contributed by atoms with Crippen LogP contribution in [0.5, 0.6) is 5.75 Å². The van der Waals surface area contributed by atoms with Crippen LogP contribution in [0.3, 0.4) is 0 Å². The zero-order chi connectivity index (χ0) is 15.5. The van der Waals surface area contributed by atoms with E-state index in [-0.39, 0.29) is 11.7 Å². The van der Waals surface area contributed by atoms with Crippen molar-refractivity contribution in [3.8, 4) is 5.75 Å². The van der Waals surface area contributed by atoms with Gasteiger partial charge in [0.2, 0.25) is 0 Å². The number of nitrogens with zero attached hydrogens (tertiary/aromatic N) is 1. The molecule has 5 heteroatoms. The third-order valence-corrected chi connectivity index (χ3v) is 5.87. The fraction of sp³-hybridized carbons (Fsp3) is 0.588. The van der Waals surface area contributed by atoms with E-state index in [0.29, 0.717) is 17.0 Å². The van der Waals surface area contributed by atoms with Crippen molar-refractivity contribution in [1.29, 1.82) is 0 Å². The summed E-state index contributed by atoms with van der Waals surface area (Å²) in [4.78, 5) is 14.7. The first kappa shape index (κ1) is 15.7. The van der Waals surface area contributed by atoms with Crippen molar-refractivity contribution in [2.45, 2.75) is 50.0 Å². The average molecular weight is 323 g/mol. The minimum atomic E-state index is -0.576. The molecule has 1 aliphatic heterocycles. The molecule has 1 aliphatic carbocycles. The van der Waals surface area contributed by atoms with Gasteiger partial charge in [-0.15, -0.1) is 0 Å². The normalized spacial score (nSPS) is 26.2. The summed E-state index contributed by atoms with van der Waals surface area (Å²) in [5.41, 5.74) is 0. The number of hydrogen-bond acceptors (Lipinski definition) is 3. The van der Waals surface area contributed by atoms with Gasteiger partial charge in [0.15, 0.2) is 6.10 Å². The van der Waals surface area contributed by atoms with Crippen LogP contribution in [0.2, 0.25) is 0 Å². The molecule has 2 fully saturated rings. The molecule has 3 rings (SSSR count). The maximum atomic E-state index is 13.2. The molecule has 1 aromatic rings. The van der Waals surface area contributed by atoms with Crippen LogP contribution in [0, 0.1) is 5.82 Å². The standard InChI is InChI=1S/C17H22FNO2S/c1-12(21-14-6-4-5-13(18)11-14)17(20)19-9-10-22-16-8-3-2-7-15(16)19/h4-6,11-12,15-16H,2-3,7-10H2,1H3/t12-,15-,16+/m0/s1. The van der Waals surface area contributed by atoms with Crippen molar-refractivity contribution in [2.75, 3.05) is 12.3 Å². The van der Waals surface area contributed by atoms with E-state index in [1.54, 1.807) is 19.1 Å². The second-order valence-electron chi connectivity index (χ2n) is 6.01. The van der Waals surface area contributed by atoms with Gasteiger partial charge in [-0.1, -0.05) is 18.9 Å². The van der Waals surface area contributed by atoms with E-state index >= 15 is 0 Å². The summed E-state index contributed by atoms with van der Waals surface area (Å²) in [5.74, 6) is 1.09. The fourth-order valence-corrected chi connectivity index (χ4v) is 4.84. The molecular formula is C17H22FNO2S. The Morgan fingerprint density at radius 2 is 2.23 bits per heavy atom. The van der Waals surface area contributed by atoms with Crippen molar-refractivity contribution < 1.29 is 13.9 Å². The zero-order valence-electron chi connectivity index (χ0n) is 12.8. The quantitative estimate of drug-likeness (QED) is 0.853. The van der Waals surface area contributed by atoms with E-state index < -0.39 is 6.10 Å². The molecule has 1 saturated carbocycles. The van der Waals surface area contributed by atoms with Crippen LogP contribution >= 0.6 is 11.8 Å². The predicted molar refractivity (Wildman–Crippen MR) is 86.7 cm³/mol. The number of rotatable bonds is 3. The summed E-state index contributed by atoms with van der Waals surface area (Å²) in [7, 11) is 0. The molecule has 1 amide bonds. The van der Waals surface area contributed by atoms with E-state index in [2.05, 4.69) is 0 Å². The molecule has 1 saturated heterocycles. The monoisotopic (exact) mass is 323 g/mol. The van der Waals surface area contributed by atoms with Crippen LogP contribution in [-0.4, -0.2) is 40.5 Å². The Kier molecular flexibility index (Phi) is 4.91. The van der Waals surface area contributed by atoms with Gasteiger partial charge in [-0.3, -0.25) is 4.79 Å². The Labute approximate surface area is 135 Å². The van der Waals surface area contributed by atoms with Gasteiger partial charge in [0.1, 0.15) is 11.6 Å². The highest BCUT2D eigenvalue weighted by molar-refractivity contribution is 8.00. The number of ether oxygens (including phenoxy) is 1. The van der Waals surface area contributed by atoms with E-state index in [1.807, 2.05) is 16.7 Å². The third kappa shape index (κ3) is 3.40. The van der Waals surface area contributed by atoms with Gasteiger partial charge in [0.05, 0.1) is 0 Å². The number of thioether (sulfide) groups is 1. The number of fused-ring (bicyclic) bond motifs is 1. The lowest BCUT2D eigenvalue weighted by Gasteiger charge is -2.44. The highest BCUT2D eigenvalue weighted by Crippen LogP contribution is 2.35. The van der Waals surface area contributed by atoms with Crippen LogP contribution in [0.1, 0.15) is 32.6 Å². The number of amides is 1. The Bertz CT molecular complexity index is 537. The Morgan fingerprint density at radius 3 is 3.05 bits per heavy atom. The molecule has 0 N–H and O–H groups in total. The lowest BCUT2D eigenvalue weighted by atomic mass is 9.93. The fourth-order valence-electron chi connectivity index (χ4n) is 3.40. The van der Waals surface area contributed by atoms with E-state index in [0.717, 1.165) is 18.7 Å². The van der Waals surface area contributed by atoms with Crippen LogP contribution in [0.4, 0.5) is 4.39 Å². The summed E-state index contributed by atoms with van der Waals surface area (Å²) in [6.45, 7) is 2.55. The van der Waals surface area contributed by atoms with Crippen molar-refractivity contribution >= 4 is 17.7 Å². The Balaban J connectivity index is 1.66. The lowest BCUT2D eigenvalue weighted by molar-refractivity contribution is -0.140. The number of hydrogen-bond donors (Lipinski definition) is 0. The van der Waals surface area contributed by atoms with Crippen LogP contribution in [-0.2, 0) is 4.79 Å². The number of benzene rings is 1. The first-order valence-electron chi connectivity index (χ1n) is 7.99. The van der Waals surface area contributed by atoms with Crippen molar-refractivity contribution in [1.82, 2.24) is 4.90 Å². The Hall–Kier alpha value is -1.23. The van der Waals surface area contributed by atoms with Gasteiger partial charge in [0.25, 0.3) is 5.91 Å². The molecule has 0 radical (unpaired) electrons. The Morgan fingerprint density at radius 1 is 1.41 bits per heavy atom. The molecule has 22 heavy (non-hydrogen) atoms. The molecule has 3 nitrogen and oxygen atoms in total. The van der Waals surface area contributed by atoms with E-state index in [9.17, 15) is 9.18 Å². The second-order valence-corrected chi connectivity index (χ2v) is 7.36. The highest BCUT2D eigenvalue weighted by atomic mass is 32.2. The molecule has 0 unspecified atom stereocenters. The zero-order valence-corrected chi connectivity index (χ0v) is 13.7. The molecule has 120 valence electrons. The smallest absolute Gasteiger partial charge is 0.263 e. The van der Waals surface area contributed by atoms with Crippen molar-refractivity contribution in [2.24, 2.45) is 0 Å². The minimum absolute atomic E-state index is 0.0291. The molecular weight excluding hydrogens is 301 g/mol. The van der Waals surface area contributed by atoms with Gasteiger partial charge in [0, 0.05) is 29.7 Å². The summed E-state index contributed by atoms with van der Waals surface area (Å²) in [5, 5.41) is 0.577. The van der Waals surface area contributed by atoms with Crippen molar-refractivity contribution in [3.05, 3.63) is 30.1 Å². The van der Waals surface area contributed by atoms with Gasteiger partial charge in [-0.25, -0.2) is 4.39 Å².